The van der Waals surface area contributed by atoms with Gasteiger partial charge in [0.15, 0.2) is 0 Å². The standard InChI is InChI=1S/C22H22N2O4S/c1-3-15(2)28-18-11-9-16(10-12-18)13-19-21(26)24(22(27)29-19)14-20(25)23-17-7-5-4-6-8-17/h4-13,15H,3,14H2,1-2H3,(H,23,25)/b19-13+/t15-/m1/s1. The van der Waals surface area contributed by atoms with Gasteiger partial charge in [-0.1, -0.05) is 37.3 Å². The van der Waals surface area contributed by atoms with Crippen molar-refractivity contribution in [3.63, 3.8) is 0 Å². The van der Waals surface area contributed by atoms with Crippen LogP contribution < -0.4 is 10.1 Å². The van der Waals surface area contributed by atoms with Gasteiger partial charge in [0.2, 0.25) is 5.91 Å². The van der Waals surface area contributed by atoms with Crippen molar-refractivity contribution >= 4 is 40.6 Å². The van der Waals surface area contributed by atoms with E-state index in [1.54, 1.807) is 30.3 Å². The number of thioether (sulfide) groups is 1. The maximum Gasteiger partial charge on any atom is 0.294 e. The summed E-state index contributed by atoms with van der Waals surface area (Å²) in [7, 11) is 0. The first-order valence-electron chi connectivity index (χ1n) is 9.33. The van der Waals surface area contributed by atoms with Gasteiger partial charge in [-0.2, -0.15) is 0 Å². The zero-order chi connectivity index (χ0) is 20.8. The Morgan fingerprint density at radius 1 is 1.14 bits per heavy atom. The summed E-state index contributed by atoms with van der Waals surface area (Å²) in [4.78, 5) is 38.2. The lowest BCUT2D eigenvalue weighted by molar-refractivity contribution is -0.127. The molecule has 1 saturated heterocycles. The largest absolute Gasteiger partial charge is 0.491 e. The topological polar surface area (TPSA) is 75.7 Å². The molecule has 1 heterocycles. The molecule has 0 spiro atoms. The summed E-state index contributed by atoms with van der Waals surface area (Å²) in [5.41, 5.74) is 1.39. The summed E-state index contributed by atoms with van der Waals surface area (Å²) >= 11 is 0.831. The van der Waals surface area contributed by atoms with Gasteiger partial charge in [-0.25, -0.2) is 0 Å². The molecular formula is C22H22N2O4S. The molecule has 3 rings (SSSR count). The molecule has 0 saturated carbocycles. The van der Waals surface area contributed by atoms with Crippen LogP contribution in [0.4, 0.5) is 10.5 Å². The number of hydrogen-bond acceptors (Lipinski definition) is 5. The van der Waals surface area contributed by atoms with Crippen LogP contribution in [0.1, 0.15) is 25.8 Å². The molecule has 2 aromatic carbocycles. The molecule has 0 radical (unpaired) electrons. The van der Waals surface area contributed by atoms with E-state index in [2.05, 4.69) is 12.2 Å². The summed E-state index contributed by atoms with van der Waals surface area (Å²) in [6, 6.07) is 16.2. The molecule has 29 heavy (non-hydrogen) atoms. The number of para-hydroxylation sites is 1. The second kappa shape index (κ2) is 9.43. The van der Waals surface area contributed by atoms with Crippen LogP contribution in [0.5, 0.6) is 5.75 Å². The monoisotopic (exact) mass is 410 g/mol. The minimum Gasteiger partial charge on any atom is -0.491 e. The molecule has 0 aromatic heterocycles. The Balaban J connectivity index is 1.64. The van der Waals surface area contributed by atoms with Crippen LogP contribution in [0.15, 0.2) is 59.5 Å². The normalized spacial score (nSPS) is 16.2. The number of benzene rings is 2. The third-order valence-corrected chi connectivity index (χ3v) is 5.23. The quantitative estimate of drug-likeness (QED) is 0.678. The minimum absolute atomic E-state index is 0.124. The maximum absolute atomic E-state index is 12.6. The summed E-state index contributed by atoms with van der Waals surface area (Å²) in [6.45, 7) is 3.73. The van der Waals surface area contributed by atoms with Gasteiger partial charge in [-0.3, -0.25) is 19.3 Å². The SMILES string of the molecule is CC[C@@H](C)Oc1ccc(/C=C2/SC(=O)N(CC(=O)Nc3ccccc3)C2=O)cc1. The number of anilines is 1. The van der Waals surface area contributed by atoms with Crippen molar-refractivity contribution < 1.29 is 19.1 Å². The first kappa shape index (κ1) is 20.7. The maximum atomic E-state index is 12.6. The van der Waals surface area contributed by atoms with Crippen molar-refractivity contribution in [2.75, 3.05) is 11.9 Å². The van der Waals surface area contributed by atoms with Crippen LogP contribution in [0.3, 0.4) is 0 Å². The van der Waals surface area contributed by atoms with E-state index in [4.69, 9.17) is 4.74 Å². The molecule has 0 aliphatic carbocycles. The summed E-state index contributed by atoms with van der Waals surface area (Å²) in [5.74, 6) is -0.142. The van der Waals surface area contributed by atoms with Gasteiger partial charge >= 0.3 is 0 Å². The molecule has 2 aromatic rings. The predicted octanol–water partition coefficient (Wildman–Crippen LogP) is 4.54. The van der Waals surface area contributed by atoms with Crippen LogP contribution in [-0.2, 0) is 9.59 Å². The highest BCUT2D eigenvalue weighted by Crippen LogP contribution is 2.32. The Kier molecular flexibility index (Phi) is 6.72. The second-order valence-electron chi connectivity index (χ2n) is 6.59. The second-order valence-corrected chi connectivity index (χ2v) is 7.58. The van der Waals surface area contributed by atoms with Gasteiger partial charge in [0.25, 0.3) is 11.1 Å². The van der Waals surface area contributed by atoms with Crippen LogP contribution in [-0.4, -0.2) is 34.6 Å². The third kappa shape index (κ3) is 5.48. The summed E-state index contributed by atoms with van der Waals surface area (Å²) < 4.78 is 5.74. The van der Waals surface area contributed by atoms with E-state index >= 15 is 0 Å². The number of carbonyl (C=O) groups is 3. The van der Waals surface area contributed by atoms with Gasteiger partial charge in [-0.05, 0) is 61.0 Å². The molecule has 1 atom stereocenters. The number of nitrogens with zero attached hydrogens (tertiary/aromatic N) is 1. The van der Waals surface area contributed by atoms with Gasteiger partial charge < -0.3 is 10.1 Å². The fourth-order valence-electron chi connectivity index (χ4n) is 2.61. The Morgan fingerprint density at radius 2 is 1.83 bits per heavy atom. The van der Waals surface area contributed by atoms with E-state index in [1.165, 1.54) is 0 Å². The highest BCUT2D eigenvalue weighted by atomic mass is 32.2. The van der Waals surface area contributed by atoms with Crippen LogP contribution in [0.2, 0.25) is 0 Å². The van der Waals surface area contributed by atoms with Crippen molar-refractivity contribution in [1.82, 2.24) is 4.90 Å². The molecule has 1 aliphatic heterocycles. The number of rotatable bonds is 7. The van der Waals surface area contributed by atoms with Crippen molar-refractivity contribution in [3.8, 4) is 5.75 Å². The molecule has 1 fully saturated rings. The van der Waals surface area contributed by atoms with Gasteiger partial charge in [0, 0.05) is 5.69 Å². The Labute approximate surface area is 173 Å². The highest BCUT2D eigenvalue weighted by Gasteiger charge is 2.36. The fourth-order valence-corrected chi connectivity index (χ4v) is 3.45. The van der Waals surface area contributed by atoms with Gasteiger partial charge in [0.1, 0.15) is 12.3 Å². The van der Waals surface area contributed by atoms with Crippen LogP contribution >= 0.6 is 11.8 Å². The predicted molar refractivity (Wildman–Crippen MR) is 115 cm³/mol. The Morgan fingerprint density at radius 3 is 2.48 bits per heavy atom. The third-order valence-electron chi connectivity index (χ3n) is 4.32. The molecule has 6 nitrogen and oxygen atoms in total. The molecule has 1 aliphatic rings. The van der Waals surface area contributed by atoms with Crippen LogP contribution in [0.25, 0.3) is 6.08 Å². The Bertz CT molecular complexity index is 926. The number of nitrogens with one attached hydrogen (secondary N) is 1. The van der Waals surface area contributed by atoms with Crippen molar-refractivity contribution in [2.45, 2.75) is 26.4 Å². The van der Waals surface area contributed by atoms with Gasteiger partial charge in [0.05, 0.1) is 11.0 Å². The number of carbonyl (C=O) groups excluding carboxylic acids is 3. The molecule has 0 bridgehead atoms. The average Bonchev–Trinajstić information content (AvgIpc) is 2.97. The van der Waals surface area contributed by atoms with Crippen molar-refractivity contribution in [3.05, 3.63) is 65.1 Å². The minimum atomic E-state index is -0.469. The first-order chi connectivity index (χ1) is 14.0. The average molecular weight is 410 g/mol. The molecule has 7 heteroatoms. The summed E-state index contributed by atoms with van der Waals surface area (Å²) in [6.07, 6.45) is 2.68. The Hall–Kier alpha value is -3.06. The van der Waals surface area contributed by atoms with E-state index in [0.29, 0.717) is 5.69 Å². The highest BCUT2D eigenvalue weighted by molar-refractivity contribution is 8.18. The van der Waals surface area contributed by atoms with Crippen molar-refractivity contribution in [1.29, 1.82) is 0 Å². The number of amides is 3. The first-order valence-corrected chi connectivity index (χ1v) is 10.1. The van der Waals surface area contributed by atoms with Crippen molar-refractivity contribution in [2.24, 2.45) is 0 Å². The zero-order valence-corrected chi connectivity index (χ0v) is 17.1. The van der Waals surface area contributed by atoms with E-state index in [1.807, 2.05) is 37.3 Å². The molecular weight excluding hydrogens is 388 g/mol. The fraction of sp³-hybridized carbons (Fsp3) is 0.227. The van der Waals surface area contributed by atoms with E-state index in [0.717, 1.165) is 34.4 Å². The lowest BCUT2D eigenvalue weighted by Crippen LogP contribution is -2.36. The number of hydrogen-bond donors (Lipinski definition) is 1. The van der Waals surface area contributed by atoms with E-state index < -0.39 is 17.1 Å². The zero-order valence-electron chi connectivity index (χ0n) is 16.3. The molecule has 150 valence electrons. The number of imide groups is 1. The number of ether oxygens (including phenoxy) is 1. The van der Waals surface area contributed by atoms with E-state index in [-0.39, 0.29) is 17.6 Å². The van der Waals surface area contributed by atoms with E-state index in [9.17, 15) is 14.4 Å². The lowest BCUT2D eigenvalue weighted by Gasteiger charge is -2.12. The van der Waals surface area contributed by atoms with Crippen LogP contribution in [0, 0.1) is 0 Å². The summed E-state index contributed by atoms with van der Waals surface area (Å²) in [5, 5.41) is 2.22. The molecule has 3 amide bonds. The lowest BCUT2D eigenvalue weighted by atomic mass is 10.2. The molecule has 0 unspecified atom stereocenters. The smallest absolute Gasteiger partial charge is 0.294 e. The molecule has 1 N–H and O–H groups in total. The van der Waals surface area contributed by atoms with Gasteiger partial charge in [-0.15, -0.1) is 0 Å².